The monoisotopic (exact) mass is 394 g/mol. The van der Waals surface area contributed by atoms with Crippen LogP contribution in [-0.2, 0) is 0 Å². The third kappa shape index (κ3) is 3.74. The van der Waals surface area contributed by atoms with Gasteiger partial charge in [0.2, 0.25) is 5.95 Å². The molecule has 0 bridgehead atoms. The lowest BCUT2D eigenvalue weighted by atomic mass is 10.1. The van der Waals surface area contributed by atoms with Crippen molar-refractivity contribution in [3.63, 3.8) is 0 Å². The Morgan fingerprint density at radius 3 is 2.60 bits per heavy atom. The topological polar surface area (TPSA) is 58.1 Å². The van der Waals surface area contributed by atoms with E-state index in [1.165, 1.54) is 10.8 Å². The van der Waals surface area contributed by atoms with E-state index in [4.69, 9.17) is 4.98 Å². The van der Waals surface area contributed by atoms with E-state index in [1.54, 1.807) is 0 Å². The molecule has 1 aliphatic heterocycles. The first-order chi connectivity index (χ1) is 14.8. The van der Waals surface area contributed by atoms with Gasteiger partial charge in [0, 0.05) is 36.5 Å². The lowest BCUT2D eigenvalue weighted by Gasteiger charge is -2.17. The van der Waals surface area contributed by atoms with Crippen LogP contribution < -0.4 is 10.2 Å². The van der Waals surface area contributed by atoms with E-state index < -0.39 is 0 Å². The lowest BCUT2D eigenvalue weighted by molar-refractivity contribution is 0.0940. The predicted octanol–water partition coefficient (Wildman–Crippen LogP) is 4.31. The first-order valence-corrected chi connectivity index (χ1v) is 10.2. The number of fused-ring (bicyclic) bond motifs is 1. The summed E-state index contributed by atoms with van der Waals surface area (Å²) in [5, 5.41) is 5.53. The van der Waals surface area contributed by atoms with Gasteiger partial charge < -0.3 is 10.2 Å². The van der Waals surface area contributed by atoms with Crippen LogP contribution in [0.2, 0.25) is 0 Å². The van der Waals surface area contributed by atoms with E-state index in [-0.39, 0.29) is 11.9 Å². The van der Waals surface area contributed by atoms with Crippen molar-refractivity contribution in [2.24, 2.45) is 0 Å². The van der Waals surface area contributed by atoms with Crippen LogP contribution in [0.15, 0.2) is 85.1 Å². The Bertz CT molecular complexity index is 1190. The number of aromatic nitrogens is 2. The van der Waals surface area contributed by atoms with Gasteiger partial charge in [0.05, 0.1) is 5.69 Å². The smallest absolute Gasteiger partial charge is 0.251 e. The summed E-state index contributed by atoms with van der Waals surface area (Å²) in [6.45, 7) is 1.53. The molecule has 0 saturated carbocycles. The second kappa shape index (κ2) is 7.95. The molecule has 5 heteroatoms. The van der Waals surface area contributed by atoms with E-state index in [2.05, 4.69) is 45.5 Å². The fourth-order valence-corrected chi connectivity index (χ4v) is 3.93. The number of anilines is 1. The highest BCUT2D eigenvalue weighted by Crippen LogP contribution is 2.25. The summed E-state index contributed by atoms with van der Waals surface area (Å²) >= 11 is 0. The molecular weight excluding hydrogens is 372 g/mol. The molecule has 1 saturated heterocycles. The van der Waals surface area contributed by atoms with Crippen molar-refractivity contribution in [2.75, 3.05) is 18.0 Å². The molecule has 0 spiro atoms. The van der Waals surface area contributed by atoms with Gasteiger partial charge in [0.25, 0.3) is 5.91 Å². The lowest BCUT2D eigenvalue weighted by Crippen LogP contribution is -2.37. The van der Waals surface area contributed by atoms with E-state index in [0.717, 1.165) is 24.2 Å². The number of nitrogens with zero attached hydrogens (tertiary/aromatic N) is 3. The molecule has 2 heterocycles. The van der Waals surface area contributed by atoms with Crippen LogP contribution in [0.25, 0.3) is 22.0 Å². The minimum absolute atomic E-state index is 0.0340. The van der Waals surface area contributed by atoms with Crippen molar-refractivity contribution >= 4 is 22.6 Å². The molecule has 3 aromatic carbocycles. The van der Waals surface area contributed by atoms with Gasteiger partial charge in [-0.1, -0.05) is 54.6 Å². The average Bonchev–Trinajstić information content (AvgIpc) is 3.28. The minimum Gasteiger partial charge on any atom is -0.347 e. The van der Waals surface area contributed by atoms with Gasteiger partial charge in [-0.2, -0.15) is 0 Å². The van der Waals surface area contributed by atoms with Crippen LogP contribution in [0.1, 0.15) is 16.8 Å². The Hall–Kier alpha value is -3.73. The van der Waals surface area contributed by atoms with E-state index in [1.807, 2.05) is 54.7 Å². The molecule has 1 amide bonds. The van der Waals surface area contributed by atoms with Gasteiger partial charge in [-0.25, -0.2) is 9.97 Å². The summed E-state index contributed by atoms with van der Waals surface area (Å²) in [5.41, 5.74) is 2.67. The second-order valence-electron chi connectivity index (χ2n) is 7.57. The number of benzene rings is 3. The molecule has 5 nitrogen and oxygen atoms in total. The molecule has 148 valence electrons. The summed E-state index contributed by atoms with van der Waals surface area (Å²) in [4.78, 5) is 23.9. The molecule has 30 heavy (non-hydrogen) atoms. The van der Waals surface area contributed by atoms with Crippen LogP contribution in [0.3, 0.4) is 0 Å². The summed E-state index contributed by atoms with van der Waals surface area (Å²) in [7, 11) is 0. The predicted molar refractivity (Wildman–Crippen MR) is 120 cm³/mol. The zero-order valence-corrected chi connectivity index (χ0v) is 16.5. The van der Waals surface area contributed by atoms with Gasteiger partial charge in [0.15, 0.2) is 0 Å². The molecule has 1 aliphatic rings. The van der Waals surface area contributed by atoms with E-state index in [0.29, 0.717) is 18.1 Å². The van der Waals surface area contributed by atoms with E-state index in [9.17, 15) is 4.79 Å². The molecule has 0 aliphatic carbocycles. The van der Waals surface area contributed by atoms with E-state index >= 15 is 0 Å². The molecular formula is C25H22N4O. The Morgan fingerprint density at radius 2 is 1.73 bits per heavy atom. The molecule has 4 aromatic rings. The van der Waals surface area contributed by atoms with Crippen molar-refractivity contribution < 1.29 is 4.79 Å². The zero-order valence-electron chi connectivity index (χ0n) is 16.5. The van der Waals surface area contributed by atoms with Crippen molar-refractivity contribution in [1.82, 2.24) is 15.3 Å². The Morgan fingerprint density at radius 1 is 0.933 bits per heavy atom. The van der Waals surface area contributed by atoms with Gasteiger partial charge >= 0.3 is 0 Å². The van der Waals surface area contributed by atoms with Crippen LogP contribution in [0, 0.1) is 0 Å². The second-order valence-corrected chi connectivity index (χ2v) is 7.57. The standard InChI is InChI=1S/C25H22N4O/c30-24(19-7-2-1-3-8-19)27-22-13-15-29(17-22)25-26-14-12-23(28-25)21-11-10-18-6-4-5-9-20(18)16-21/h1-12,14,16,22H,13,15,17H2,(H,27,30)/t22-/m0/s1. The van der Waals surface area contributed by atoms with Gasteiger partial charge in [-0.15, -0.1) is 0 Å². The maximum atomic E-state index is 12.4. The summed E-state index contributed by atoms with van der Waals surface area (Å²) < 4.78 is 0. The van der Waals surface area contributed by atoms with Crippen LogP contribution in [0.5, 0.6) is 0 Å². The SMILES string of the molecule is O=C(N[C@H]1CCN(c2nccc(-c3ccc4ccccc4c3)n2)C1)c1ccccc1. The molecule has 1 aromatic heterocycles. The largest absolute Gasteiger partial charge is 0.347 e. The maximum absolute atomic E-state index is 12.4. The van der Waals surface area contributed by atoms with Gasteiger partial charge in [-0.3, -0.25) is 4.79 Å². The van der Waals surface area contributed by atoms with Gasteiger partial charge in [0.1, 0.15) is 0 Å². The van der Waals surface area contributed by atoms with Gasteiger partial charge in [-0.05, 0) is 41.5 Å². The fourth-order valence-electron chi connectivity index (χ4n) is 3.93. The van der Waals surface area contributed by atoms with Crippen molar-refractivity contribution in [3.05, 3.63) is 90.6 Å². The number of nitrogens with one attached hydrogen (secondary N) is 1. The number of hydrogen-bond donors (Lipinski definition) is 1. The molecule has 0 unspecified atom stereocenters. The van der Waals surface area contributed by atoms with Crippen LogP contribution in [0.4, 0.5) is 5.95 Å². The average molecular weight is 394 g/mol. The summed E-state index contributed by atoms with van der Waals surface area (Å²) in [5.74, 6) is 0.672. The maximum Gasteiger partial charge on any atom is 0.251 e. The number of amides is 1. The highest BCUT2D eigenvalue weighted by molar-refractivity contribution is 5.94. The Labute approximate surface area is 175 Å². The third-order valence-corrected chi connectivity index (χ3v) is 5.53. The number of rotatable bonds is 4. The normalized spacial score (nSPS) is 16.0. The quantitative estimate of drug-likeness (QED) is 0.561. The summed E-state index contributed by atoms with van der Waals surface area (Å²) in [6, 6.07) is 26.1. The molecule has 1 atom stereocenters. The molecule has 5 rings (SSSR count). The fraction of sp³-hybridized carbons (Fsp3) is 0.160. The van der Waals surface area contributed by atoms with Crippen molar-refractivity contribution in [3.8, 4) is 11.3 Å². The third-order valence-electron chi connectivity index (χ3n) is 5.53. The number of carbonyl (C=O) groups excluding carboxylic acids is 1. The van der Waals surface area contributed by atoms with Crippen LogP contribution in [-0.4, -0.2) is 35.0 Å². The minimum atomic E-state index is -0.0340. The van der Waals surface area contributed by atoms with Crippen molar-refractivity contribution in [1.29, 1.82) is 0 Å². The number of carbonyl (C=O) groups is 1. The zero-order chi connectivity index (χ0) is 20.3. The summed E-state index contributed by atoms with van der Waals surface area (Å²) in [6.07, 6.45) is 2.69. The Kier molecular flexibility index (Phi) is 4.85. The Balaban J connectivity index is 1.31. The van der Waals surface area contributed by atoms with Crippen LogP contribution >= 0.6 is 0 Å². The highest BCUT2D eigenvalue weighted by atomic mass is 16.1. The number of hydrogen-bond acceptors (Lipinski definition) is 4. The molecule has 0 radical (unpaired) electrons. The first-order valence-electron chi connectivity index (χ1n) is 10.2. The molecule has 1 fully saturated rings. The highest BCUT2D eigenvalue weighted by Gasteiger charge is 2.26. The molecule has 1 N–H and O–H groups in total. The first kappa shape index (κ1) is 18.3. The van der Waals surface area contributed by atoms with Crippen molar-refractivity contribution in [2.45, 2.75) is 12.5 Å².